The molecule has 5 heteroatoms. The van der Waals surface area contributed by atoms with E-state index in [1.165, 1.54) is 14.2 Å². The van der Waals surface area contributed by atoms with Crippen LogP contribution in [-0.2, 0) is 8.85 Å². The minimum absolute atomic E-state index is 0.0576. The third-order valence-electron chi connectivity index (χ3n) is 1.29. The SMILES string of the molecule is CO[Si](O)(CCCO)OC. The van der Waals surface area contributed by atoms with Gasteiger partial charge in [-0.2, -0.15) is 0 Å². The third kappa shape index (κ3) is 3.28. The number of aliphatic hydroxyl groups is 1. The van der Waals surface area contributed by atoms with Crippen LogP contribution in [0, 0.1) is 0 Å². The zero-order chi connectivity index (χ0) is 8.04. The minimum Gasteiger partial charge on any atom is -0.396 e. The summed E-state index contributed by atoms with van der Waals surface area (Å²) in [5.74, 6) is 0. The number of rotatable bonds is 5. The fourth-order valence-corrected chi connectivity index (χ4v) is 1.77. The van der Waals surface area contributed by atoms with Crippen LogP contribution in [0.2, 0.25) is 6.04 Å². The van der Waals surface area contributed by atoms with E-state index in [1.807, 2.05) is 0 Å². The average Bonchev–Trinajstić information content (AvgIpc) is 2.00. The summed E-state index contributed by atoms with van der Waals surface area (Å²) in [5, 5.41) is 8.42. The van der Waals surface area contributed by atoms with Crippen molar-refractivity contribution in [1.29, 1.82) is 0 Å². The summed E-state index contributed by atoms with van der Waals surface area (Å²) in [6.07, 6.45) is 0.518. The molecule has 2 N–H and O–H groups in total. The summed E-state index contributed by atoms with van der Waals surface area (Å²) in [5.41, 5.74) is 0. The van der Waals surface area contributed by atoms with Gasteiger partial charge in [0.1, 0.15) is 0 Å². The molecule has 0 unspecified atom stereocenters. The van der Waals surface area contributed by atoms with E-state index < -0.39 is 8.80 Å². The van der Waals surface area contributed by atoms with Crippen molar-refractivity contribution < 1.29 is 18.8 Å². The van der Waals surface area contributed by atoms with Crippen LogP contribution in [0.5, 0.6) is 0 Å². The summed E-state index contributed by atoms with van der Waals surface area (Å²) in [4.78, 5) is 9.34. The highest BCUT2D eigenvalue weighted by atomic mass is 28.4. The van der Waals surface area contributed by atoms with Crippen molar-refractivity contribution >= 4 is 8.80 Å². The van der Waals surface area contributed by atoms with Gasteiger partial charge in [0, 0.05) is 26.9 Å². The van der Waals surface area contributed by atoms with Crippen molar-refractivity contribution in [2.45, 2.75) is 12.5 Å². The van der Waals surface area contributed by atoms with E-state index in [0.29, 0.717) is 12.5 Å². The highest BCUT2D eigenvalue weighted by Crippen LogP contribution is 2.08. The molecule has 0 fully saturated rings. The van der Waals surface area contributed by atoms with E-state index in [1.54, 1.807) is 0 Å². The maximum Gasteiger partial charge on any atom is 0.497 e. The van der Waals surface area contributed by atoms with Crippen molar-refractivity contribution in [2.75, 3.05) is 20.8 Å². The Labute approximate surface area is 61.8 Å². The van der Waals surface area contributed by atoms with Crippen LogP contribution < -0.4 is 0 Å². The van der Waals surface area contributed by atoms with E-state index in [9.17, 15) is 4.80 Å². The van der Waals surface area contributed by atoms with E-state index in [4.69, 9.17) is 14.0 Å². The van der Waals surface area contributed by atoms with Gasteiger partial charge < -0.3 is 18.8 Å². The smallest absolute Gasteiger partial charge is 0.396 e. The highest BCUT2D eigenvalue weighted by molar-refractivity contribution is 6.59. The first-order valence-corrected chi connectivity index (χ1v) is 5.09. The van der Waals surface area contributed by atoms with Gasteiger partial charge in [0.2, 0.25) is 0 Å². The Balaban J connectivity index is 3.58. The zero-order valence-corrected chi connectivity index (χ0v) is 7.33. The summed E-state index contributed by atoms with van der Waals surface area (Å²) >= 11 is 0. The Hall–Kier alpha value is 0.0569. The Morgan fingerprint density at radius 3 is 2.10 bits per heavy atom. The molecule has 0 radical (unpaired) electrons. The molecule has 0 saturated carbocycles. The maximum atomic E-state index is 9.34. The third-order valence-corrected chi connectivity index (χ3v) is 3.55. The Morgan fingerprint density at radius 1 is 1.30 bits per heavy atom. The van der Waals surface area contributed by atoms with Crippen LogP contribution in [0.3, 0.4) is 0 Å². The fourth-order valence-electron chi connectivity index (χ4n) is 0.590. The van der Waals surface area contributed by atoms with Crippen molar-refractivity contribution in [3.05, 3.63) is 0 Å². The Morgan fingerprint density at radius 2 is 1.80 bits per heavy atom. The number of hydrogen-bond acceptors (Lipinski definition) is 4. The molecule has 0 atom stereocenters. The summed E-state index contributed by atoms with van der Waals surface area (Å²) in [6.45, 7) is 0.0576. The average molecular weight is 166 g/mol. The van der Waals surface area contributed by atoms with Crippen molar-refractivity contribution in [3.8, 4) is 0 Å². The molecule has 0 amide bonds. The van der Waals surface area contributed by atoms with Crippen LogP contribution in [0.1, 0.15) is 6.42 Å². The first-order chi connectivity index (χ1) is 4.68. The molecule has 0 aromatic heterocycles. The van der Waals surface area contributed by atoms with Gasteiger partial charge in [-0.3, -0.25) is 0 Å². The van der Waals surface area contributed by atoms with Gasteiger partial charge in [0.05, 0.1) is 0 Å². The molecule has 0 aliphatic heterocycles. The lowest BCUT2D eigenvalue weighted by Gasteiger charge is -2.18. The van der Waals surface area contributed by atoms with E-state index >= 15 is 0 Å². The molecule has 0 aliphatic rings. The fraction of sp³-hybridized carbons (Fsp3) is 1.00. The second-order valence-electron chi connectivity index (χ2n) is 1.95. The van der Waals surface area contributed by atoms with Gasteiger partial charge in [-0.05, 0) is 6.42 Å². The van der Waals surface area contributed by atoms with Crippen molar-refractivity contribution in [3.63, 3.8) is 0 Å². The van der Waals surface area contributed by atoms with Crippen molar-refractivity contribution in [2.24, 2.45) is 0 Å². The predicted octanol–water partition coefficient (Wildman–Crippen LogP) is -0.407. The van der Waals surface area contributed by atoms with E-state index in [2.05, 4.69) is 0 Å². The lowest BCUT2D eigenvalue weighted by molar-refractivity contribution is 0.147. The van der Waals surface area contributed by atoms with Crippen LogP contribution >= 0.6 is 0 Å². The van der Waals surface area contributed by atoms with Crippen LogP contribution in [0.4, 0.5) is 0 Å². The quantitative estimate of drug-likeness (QED) is 0.545. The first kappa shape index (κ1) is 10.1. The predicted molar refractivity (Wildman–Crippen MR) is 38.5 cm³/mol. The molecule has 0 aromatic carbocycles. The molecule has 4 nitrogen and oxygen atoms in total. The summed E-state index contributed by atoms with van der Waals surface area (Å²) in [7, 11) is -0.0587. The van der Waals surface area contributed by atoms with Crippen molar-refractivity contribution in [1.82, 2.24) is 0 Å². The lowest BCUT2D eigenvalue weighted by Crippen LogP contribution is -2.40. The molecular formula is C5H14O4Si. The van der Waals surface area contributed by atoms with Gasteiger partial charge in [-0.25, -0.2) is 0 Å². The molecule has 0 rings (SSSR count). The van der Waals surface area contributed by atoms with Gasteiger partial charge in [0.25, 0.3) is 0 Å². The standard InChI is InChI=1S/C5H14O4Si/c1-8-10(7,9-2)5-3-4-6/h6-7H,3-5H2,1-2H3. The second kappa shape index (κ2) is 4.81. The molecule has 0 spiro atoms. The summed E-state index contributed by atoms with van der Waals surface area (Å²) in [6, 6.07) is 0.413. The molecule has 0 aromatic rings. The molecule has 10 heavy (non-hydrogen) atoms. The van der Waals surface area contributed by atoms with E-state index in [0.717, 1.165) is 0 Å². The molecular weight excluding hydrogens is 152 g/mol. The normalized spacial score (nSPS) is 12.0. The number of aliphatic hydroxyl groups excluding tert-OH is 1. The van der Waals surface area contributed by atoms with Crippen LogP contribution in [-0.4, -0.2) is 39.5 Å². The second-order valence-corrected chi connectivity index (χ2v) is 4.69. The monoisotopic (exact) mass is 166 g/mol. The van der Waals surface area contributed by atoms with Gasteiger partial charge in [-0.15, -0.1) is 0 Å². The maximum absolute atomic E-state index is 9.34. The lowest BCUT2D eigenvalue weighted by atomic mass is 10.5. The Kier molecular flexibility index (Phi) is 4.84. The largest absolute Gasteiger partial charge is 0.497 e. The first-order valence-electron chi connectivity index (χ1n) is 3.12. The molecule has 0 aliphatic carbocycles. The summed E-state index contributed by atoms with van der Waals surface area (Å²) < 4.78 is 9.50. The number of hydrogen-bond donors (Lipinski definition) is 2. The van der Waals surface area contributed by atoms with Gasteiger partial charge >= 0.3 is 8.80 Å². The molecule has 0 heterocycles. The molecule has 62 valence electrons. The zero-order valence-electron chi connectivity index (χ0n) is 6.33. The highest BCUT2D eigenvalue weighted by Gasteiger charge is 2.32. The molecule has 0 saturated heterocycles. The topological polar surface area (TPSA) is 58.9 Å². The minimum atomic E-state index is -2.88. The van der Waals surface area contributed by atoms with Gasteiger partial charge in [0.15, 0.2) is 0 Å². The van der Waals surface area contributed by atoms with Crippen LogP contribution in [0.15, 0.2) is 0 Å². The van der Waals surface area contributed by atoms with E-state index in [-0.39, 0.29) is 6.61 Å². The molecule has 0 bridgehead atoms. The van der Waals surface area contributed by atoms with Crippen LogP contribution in [0.25, 0.3) is 0 Å². The Bertz CT molecular complexity index is 83.7. The van der Waals surface area contributed by atoms with Gasteiger partial charge in [-0.1, -0.05) is 0 Å².